The van der Waals surface area contributed by atoms with Gasteiger partial charge < -0.3 is 30.6 Å². The number of carbonyl (C=O) groups is 1. The minimum atomic E-state index is -1.44. The minimum absolute atomic E-state index is 0.00319. The van der Waals surface area contributed by atoms with Gasteiger partial charge in [0.25, 0.3) is 0 Å². The molecule has 7 heteroatoms. The average molecular weight is 495 g/mol. The quantitative estimate of drug-likeness (QED) is 0.332. The van der Waals surface area contributed by atoms with Crippen molar-refractivity contribution in [2.45, 2.75) is 109 Å². The molecule has 0 heterocycles. The maximum atomic E-state index is 13.3. The molecule has 0 aromatic heterocycles. The fourth-order valence-corrected chi connectivity index (χ4v) is 8.54. The molecular weight excluding hydrogens is 448 g/mol. The van der Waals surface area contributed by atoms with Crippen LogP contribution in [0, 0.1) is 40.4 Å². The summed E-state index contributed by atoms with van der Waals surface area (Å²) in [5.74, 6) is -0.890. The lowest BCUT2D eigenvalue weighted by molar-refractivity contribution is -0.177. The summed E-state index contributed by atoms with van der Waals surface area (Å²) >= 11 is 0. The molecule has 0 aliphatic heterocycles. The molecule has 4 aliphatic rings. The molecule has 0 saturated heterocycles. The van der Waals surface area contributed by atoms with Gasteiger partial charge in [-0.1, -0.05) is 27.7 Å². The van der Waals surface area contributed by atoms with E-state index in [0.29, 0.717) is 44.1 Å². The maximum Gasteiger partial charge on any atom is 0.159 e. The first-order chi connectivity index (χ1) is 16.1. The molecule has 6 N–H and O–H groups in total. The molecule has 0 spiro atoms. The van der Waals surface area contributed by atoms with Crippen molar-refractivity contribution >= 4 is 5.78 Å². The van der Waals surface area contributed by atoms with E-state index in [1.54, 1.807) is 13.0 Å². The number of ketones is 1. The van der Waals surface area contributed by atoms with Crippen molar-refractivity contribution in [3.8, 4) is 0 Å². The number of hydrogen-bond donors (Lipinski definition) is 6. The third-order valence-corrected chi connectivity index (χ3v) is 11.4. The van der Waals surface area contributed by atoms with Crippen molar-refractivity contribution in [1.82, 2.24) is 0 Å². The van der Waals surface area contributed by atoms with Gasteiger partial charge in [0, 0.05) is 17.9 Å². The molecule has 12 unspecified atom stereocenters. The Morgan fingerprint density at radius 1 is 1.09 bits per heavy atom. The highest BCUT2D eigenvalue weighted by molar-refractivity contribution is 5.95. The van der Waals surface area contributed by atoms with E-state index in [9.17, 15) is 35.4 Å². The average Bonchev–Trinajstić information content (AvgIpc) is 3.07. The molecule has 0 bridgehead atoms. The van der Waals surface area contributed by atoms with E-state index in [1.165, 1.54) is 0 Å². The van der Waals surface area contributed by atoms with E-state index in [2.05, 4.69) is 0 Å². The second-order valence-corrected chi connectivity index (χ2v) is 13.2. The number of allylic oxidation sites excluding steroid dienone is 1. The summed E-state index contributed by atoms with van der Waals surface area (Å²) in [6.45, 7) is 9.57. The predicted molar refractivity (Wildman–Crippen MR) is 131 cm³/mol. The zero-order valence-corrected chi connectivity index (χ0v) is 21.9. The van der Waals surface area contributed by atoms with Crippen molar-refractivity contribution in [2.24, 2.45) is 40.4 Å². The zero-order chi connectivity index (χ0) is 26.1. The highest BCUT2D eigenvalue weighted by atomic mass is 16.3. The Morgan fingerprint density at radius 3 is 2.37 bits per heavy atom. The lowest BCUT2D eigenvalue weighted by Gasteiger charge is -2.60. The highest BCUT2D eigenvalue weighted by Gasteiger charge is 2.69. The van der Waals surface area contributed by atoms with Crippen LogP contribution in [-0.4, -0.2) is 72.5 Å². The molecule has 200 valence electrons. The van der Waals surface area contributed by atoms with Crippen molar-refractivity contribution in [3.05, 3.63) is 11.6 Å². The van der Waals surface area contributed by atoms with Crippen molar-refractivity contribution in [2.75, 3.05) is 6.61 Å². The van der Waals surface area contributed by atoms with Crippen LogP contribution in [0.5, 0.6) is 0 Å². The summed E-state index contributed by atoms with van der Waals surface area (Å²) in [5, 5.41) is 65.3. The third-order valence-electron chi connectivity index (χ3n) is 11.4. The third kappa shape index (κ3) is 3.88. The molecular formula is C28H46O7. The van der Waals surface area contributed by atoms with Crippen LogP contribution in [0.3, 0.4) is 0 Å². The number of aliphatic hydroxyl groups is 6. The fourth-order valence-electron chi connectivity index (χ4n) is 8.54. The number of fused-ring (bicyclic) bond motifs is 5. The summed E-state index contributed by atoms with van der Waals surface area (Å²) in [7, 11) is 0. The summed E-state index contributed by atoms with van der Waals surface area (Å²) in [5.41, 5.74) is -3.26. The minimum Gasteiger partial charge on any atom is -0.396 e. The van der Waals surface area contributed by atoms with Crippen molar-refractivity contribution in [3.63, 3.8) is 0 Å². The highest BCUT2D eigenvalue weighted by Crippen LogP contribution is 2.68. The van der Waals surface area contributed by atoms with Crippen LogP contribution in [0.2, 0.25) is 0 Å². The normalized spacial score (nSPS) is 47.6. The monoisotopic (exact) mass is 494 g/mol. The van der Waals surface area contributed by atoms with E-state index in [1.807, 2.05) is 27.7 Å². The van der Waals surface area contributed by atoms with Crippen molar-refractivity contribution in [1.29, 1.82) is 0 Å². The molecule has 7 nitrogen and oxygen atoms in total. The Kier molecular flexibility index (Phi) is 6.91. The number of rotatable bonds is 6. The first-order valence-corrected chi connectivity index (χ1v) is 13.5. The molecule has 3 fully saturated rings. The van der Waals surface area contributed by atoms with Crippen LogP contribution in [0.25, 0.3) is 0 Å². The Bertz CT molecular complexity index is 869. The van der Waals surface area contributed by atoms with Gasteiger partial charge in [0.05, 0.1) is 29.5 Å². The molecule has 0 aromatic rings. The van der Waals surface area contributed by atoms with Crippen LogP contribution < -0.4 is 0 Å². The molecule has 0 amide bonds. The Morgan fingerprint density at radius 2 is 1.74 bits per heavy atom. The zero-order valence-electron chi connectivity index (χ0n) is 21.9. The predicted octanol–water partition coefficient (Wildman–Crippen LogP) is 1.96. The Hall–Kier alpha value is -0.830. The van der Waals surface area contributed by atoms with Gasteiger partial charge in [-0.3, -0.25) is 4.79 Å². The lowest BCUT2D eigenvalue weighted by Crippen LogP contribution is -2.63. The number of carbonyl (C=O) groups excluding carboxylic acids is 1. The molecule has 3 saturated carbocycles. The van der Waals surface area contributed by atoms with Crippen LogP contribution in [0.15, 0.2) is 11.6 Å². The largest absolute Gasteiger partial charge is 0.396 e. The first-order valence-electron chi connectivity index (χ1n) is 13.5. The summed E-state index contributed by atoms with van der Waals surface area (Å²) in [4.78, 5) is 13.3. The van der Waals surface area contributed by atoms with Crippen LogP contribution in [0.1, 0.15) is 79.6 Å². The van der Waals surface area contributed by atoms with Gasteiger partial charge in [0.15, 0.2) is 5.78 Å². The van der Waals surface area contributed by atoms with Gasteiger partial charge in [-0.15, -0.1) is 0 Å². The molecule has 12 atom stereocenters. The summed E-state index contributed by atoms with van der Waals surface area (Å²) in [6.07, 6.45) is 2.00. The first kappa shape index (κ1) is 27.2. The summed E-state index contributed by atoms with van der Waals surface area (Å²) < 4.78 is 0. The second-order valence-electron chi connectivity index (χ2n) is 13.2. The smallest absolute Gasteiger partial charge is 0.159 e. The molecule has 0 radical (unpaired) electrons. The summed E-state index contributed by atoms with van der Waals surface area (Å²) in [6, 6.07) is 0. The topological polar surface area (TPSA) is 138 Å². The van der Waals surface area contributed by atoms with Gasteiger partial charge in [-0.25, -0.2) is 0 Å². The van der Waals surface area contributed by atoms with E-state index < -0.39 is 40.3 Å². The van der Waals surface area contributed by atoms with Crippen molar-refractivity contribution < 1.29 is 35.4 Å². The fraction of sp³-hybridized carbons (Fsp3) is 0.893. The van der Waals surface area contributed by atoms with E-state index in [0.717, 1.165) is 0 Å². The molecule has 4 rings (SSSR count). The number of hydrogen-bond acceptors (Lipinski definition) is 7. The lowest BCUT2D eigenvalue weighted by atomic mass is 9.45. The van der Waals surface area contributed by atoms with Gasteiger partial charge in [-0.05, 0) is 92.6 Å². The maximum absolute atomic E-state index is 13.3. The van der Waals surface area contributed by atoms with E-state index >= 15 is 0 Å². The van der Waals surface area contributed by atoms with Gasteiger partial charge in [0.2, 0.25) is 0 Å². The van der Waals surface area contributed by atoms with E-state index in [-0.39, 0.29) is 48.4 Å². The molecule has 4 aliphatic carbocycles. The van der Waals surface area contributed by atoms with Gasteiger partial charge in [0.1, 0.15) is 0 Å². The SMILES string of the molecule is CC(CO)C(C)CC(O)C(C)(O)C1CCC2(O)C3=CC(=O)C4CC(O)C(O)CC4(C)C3CCC12C. The second kappa shape index (κ2) is 8.88. The Labute approximate surface area is 209 Å². The number of aliphatic hydroxyl groups excluding tert-OH is 4. The van der Waals surface area contributed by atoms with Crippen LogP contribution in [0.4, 0.5) is 0 Å². The van der Waals surface area contributed by atoms with E-state index in [4.69, 9.17) is 0 Å². The van der Waals surface area contributed by atoms with Crippen LogP contribution in [-0.2, 0) is 4.79 Å². The Balaban J connectivity index is 1.66. The van der Waals surface area contributed by atoms with Gasteiger partial charge >= 0.3 is 0 Å². The van der Waals surface area contributed by atoms with Gasteiger partial charge in [-0.2, -0.15) is 0 Å². The molecule has 0 aromatic carbocycles. The molecule has 35 heavy (non-hydrogen) atoms. The standard InChI is InChI=1S/C28H46O7/c1-15(16(2)14-29)10-24(33)27(5,34)23-7-9-28(35)18-11-20(30)19-12-21(31)22(32)13-25(19,3)17(18)6-8-26(23,28)4/h11,15-17,19,21-24,29,31-35H,6-10,12-14H2,1-5H3. The van der Waals surface area contributed by atoms with Crippen LogP contribution >= 0.6 is 0 Å².